The molecule has 0 bridgehead atoms. The quantitative estimate of drug-likeness (QED) is 0.774. The van der Waals surface area contributed by atoms with Crippen molar-refractivity contribution in [2.24, 2.45) is 5.92 Å². The first-order valence-electron chi connectivity index (χ1n) is 6.83. The second-order valence-corrected chi connectivity index (χ2v) is 4.97. The van der Waals surface area contributed by atoms with Crippen LogP contribution in [0.4, 0.5) is 0 Å². The Balaban J connectivity index is 2.67. The Morgan fingerprint density at radius 2 is 2.06 bits per heavy atom. The molecule has 2 heteroatoms. The van der Waals surface area contributed by atoms with Crippen molar-refractivity contribution in [3.63, 3.8) is 0 Å². The number of nitrogens with zero attached hydrogens (tertiary/aromatic N) is 1. The highest BCUT2D eigenvalue weighted by molar-refractivity contribution is 5.17. The van der Waals surface area contributed by atoms with Gasteiger partial charge in [0.25, 0.3) is 0 Å². The van der Waals surface area contributed by atoms with Gasteiger partial charge in [0.1, 0.15) is 0 Å². The van der Waals surface area contributed by atoms with Crippen molar-refractivity contribution in [1.82, 2.24) is 10.3 Å². The first-order chi connectivity index (χ1) is 8.17. The monoisotopic (exact) mass is 234 g/mol. The summed E-state index contributed by atoms with van der Waals surface area (Å²) < 4.78 is 0. The summed E-state index contributed by atoms with van der Waals surface area (Å²) in [5, 5.41) is 3.57. The molecule has 2 unspecified atom stereocenters. The molecule has 2 nitrogen and oxygen atoms in total. The molecule has 0 radical (unpaired) electrons. The van der Waals surface area contributed by atoms with Gasteiger partial charge < -0.3 is 5.32 Å². The third-order valence-electron chi connectivity index (χ3n) is 3.21. The minimum atomic E-state index is 0.453. The Labute approximate surface area is 106 Å². The summed E-state index contributed by atoms with van der Waals surface area (Å²) in [5.41, 5.74) is 2.41. The lowest BCUT2D eigenvalue weighted by atomic mass is 9.93. The highest BCUT2D eigenvalue weighted by Crippen LogP contribution is 2.23. The van der Waals surface area contributed by atoms with Crippen LogP contribution in [0.3, 0.4) is 0 Å². The van der Waals surface area contributed by atoms with Crippen molar-refractivity contribution < 1.29 is 0 Å². The van der Waals surface area contributed by atoms with Gasteiger partial charge in [0, 0.05) is 17.9 Å². The van der Waals surface area contributed by atoms with Crippen molar-refractivity contribution in [3.05, 3.63) is 29.6 Å². The van der Waals surface area contributed by atoms with E-state index in [0.717, 1.165) is 18.2 Å². The smallest absolute Gasteiger partial charge is 0.0372 e. The summed E-state index contributed by atoms with van der Waals surface area (Å²) in [6.07, 6.45) is 5.79. The van der Waals surface area contributed by atoms with Crippen molar-refractivity contribution in [3.8, 4) is 0 Å². The lowest BCUT2D eigenvalue weighted by molar-refractivity contribution is 0.394. The van der Waals surface area contributed by atoms with Gasteiger partial charge in [0.2, 0.25) is 0 Å². The van der Waals surface area contributed by atoms with Crippen LogP contribution in [-0.2, 0) is 0 Å². The summed E-state index contributed by atoms with van der Waals surface area (Å²) in [4.78, 5) is 4.40. The van der Waals surface area contributed by atoms with Gasteiger partial charge in [-0.1, -0.05) is 39.7 Å². The zero-order valence-corrected chi connectivity index (χ0v) is 11.7. The highest BCUT2D eigenvalue weighted by Gasteiger charge is 2.14. The van der Waals surface area contributed by atoms with Gasteiger partial charge in [0.15, 0.2) is 0 Å². The molecule has 1 aromatic heterocycles. The summed E-state index contributed by atoms with van der Waals surface area (Å²) in [7, 11) is 0. The number of nitrogens with one attached hydrogen (secondary N) is 1. The number of hydrogen-bond donors (Lipinski definition) is 1. The van der Waals surface area contributed by atoms with Crippen LogP contribution in [0.2, 0.25) is 0 Å². The largest absolute Gasteiger partial charge is 0.310 e. The summed E-state index contributed by atoms with van der Waals surface area (Å²) in [6.45, 7) is 9.81. The predicted molar refractivity (Wildman–Crippen MR) is 74.1 cm³/mol. The van der Waals surface area contributed by atoms with Gasteiger partial charge >= 0.3 is 0 Å². The Morgan fingerprint density at radius 3 is 2.59 bits per heavy atom. The van der Waals surface area contributed by atoms with E-state index in [1.54, 1.807) is 0 Å². The molecule has 1 heterocycles. The standard InChI is InChI=1S/C15H26N2/c1-5-7-12(3)10-15(16-6-2)14-9-8-13(4)17-11-14/h8-9,11-12,15-16H,5-7,10H2,1-4H3. The fraction of sp³-hybridized carbons (Fsp3) is 0.667. The Hall–Kier alpha value is -0.890. The maximum Gasteiger partial charge on any atom is 0.0372 e. The van der Waals surface area contributed by atoms with E-state index >= 15 is 0 Å². The topological polar surface area (TPSA) is 24.9 Å². The van der Waals surface area contributed by atoms with Gasteiger partial charge in [-0.15, -0.1) is 0 Å². The normalized spacial score (nSPS) is 14.6. The Morgan fingerprint density at radius 1 is 1.29 bits per heavy atom. The molecule has 0 aliphatic heterocycles. The number of aromatic nitrogens is 1. The summed E-state index contributed by atoms with van der Waals surface area (Å²) >= 11 is 0. The lowest BCUT2D eigenvalue weighted by Gasteiger charge is -2.22. The second-order valence-electron chi connectivity index (χ2n) is 4.97. The average molecular weight is 234 g/mol. The average Bonchev–Trinajstić information content (AvgIpc) is 2.30. The van der Waals surface area contributed by atoms with Crippen LogP contribution in [0.15, 0.2) is 18.3 Å². The zero-order chi connectivity index (χ0) is 12.7. The van der Waals surface area contributed by atoms with Crippen molar-refractivity contribution in [2.45, 2.75) is 53.0 Å². The lowest BCUT2D eigenvalue weighted by Crippen LogP contribution is -2.23. The van der Waals surface area contributed by atoms with E-state index in [9.17, 15) is 0 Å². The molecule has 0 aromatic carbocycles. The van der Waals surface area contributed by atoms with Crippen LogP contribution in [-0.4, -0.2) is 11.5 Å². The van der Waals surface area contributed by atoms with Crippen LogP contribution in [0.25, 0.3) is 0 Å². The van der Waals surface area contributed by atoms with Gasteiger partial charge in [-0.05, 0) is 37.4 Å². The van der Waals surface area contributed by atoms with Gasteiger partial charge in [-0.2, -0.15) is 0 Å². The third kappa shape index (κ3) is 4.86. The number of rotatable bonds is 7. The number of pyridine rings is 1. The molecular formula is C15H26N2. The van der Waals surface area contributed by atoms with Crippen LogP contribution in [0.1, 0.15) is 57.3 Å². The molecule has 0 spiro atoms. The van der Waals surface area contributed by atoms with E-state index in [1.807, 2.05) is 13.1 Å². The summed E-state index contributed by atoms with van der Waals surface area (Å²) in [6, 6.07) is 4.76. The minimum absolute atomic E-state index is 0.453. The molecule has 1 aromatic rings. The fourth-order valence-corrected chi connectivity index (χ4v) is 2.28. The predicted octanol–water partition coefficient (Wildman–Crippen LogP) is 3.87. The zero-order valence-electron chi connectivity index (χ0n) is 11.7. The van der Waals surface area contributed by atoms with E-state index < -0.39 is 0 Å². The Bertz CT molecular complexity index is 305. The van der Waals surface area contributed by atoms with Crippen molar-refractivity contribution in [1.29, 1.82) is 0 Å². The molecular weight excluding hydrogens is 208 g/mol. The minimum Gasteiger partial charge on any atom is -0.310 e. The fourth-order valence-electron chi connectivity index (χ4n) is 2.28. The van der Waals surface area contributed by atoms with Gasteiger partial charge in [0.05, 0.1) is 0 Å². The molecule has 0 saturated carbocycles. The first kappa shape index (κ1) is 14.2. The molecule has 2 atom stereocenters. The molecule has 0 fully saturated rings. The number of hydrogen-bond acceptors (Lipinski definition) is 2. The molecule has 0 aliphatic rings. The van der Waals surface area contributed by atoms with Crippen LogP contribution in [0, 0.1) is 12.8 Å². The van der Waals surface area contributed by atoms with Crippen molar-refractivity contribution in [2.75, 3.05) is 6.54 Å². The van der Waals surface area contributed by atoms with Crippen LogP contribution in [0.5, 0.6) is 0 Å². The van der Waals surface area contributed by atoms with E-state index in [1.165, 1.54) is 24.8 Å². The van der Waals surface area contributed by atoms with E-state index in [-0.39, 0.29) is 0 Å². The van der Waals surface area contributed by atoms with Gasteiger partial charge in [-0.3, -0.25) is 4.98 Å². The van der Waals surface area contributed by atoms with E-state index in [0.29, 0.717) is 6.04 Å². The third-order valence-corrected chi connectivity index (χ3v) is 3.21. The molecule has 0 aliphatic carbocycles. The van der Waals surface area contributed by atoms with Crippen LogP contribution >= 0.6 is 0 Å². The van der Waals surface area contributed by atoms with E-state index in [4.69, 9.17) is 0 Å². The molecule has 96 valence electrons. The van der Waals surface area contributed by atoms with Crippen molar-refractivity contribution >= 4 is 0 Å². The van der Waals surface area contributed by atoms with E-state index in [2.05, 4.69) is 43.2 Å². The molecule has 1 N–H and O–H groups in total. The van der Waals surface area contributed by atoms with Gasteiger partial charge in [-0.25, -0.2) is 0 Å². The highest BCUT2D eigenvalue weighted by atomic mass is 14.9. The second kappa shape index (κ2) is 7.44. The maximum absolute atomic E-state index is 4.40. The molecule has 0 amide bonds. The number of aryl methyl sites for hydroxylation is 1. The van der Waals surface area contributed by atoms with Crippen LogP contribution < -0.4 is 5.32 Å². The molecule has 1 rings (SSSR count). The Kier molecular flexibility index (Phi) is 6.20. The first-order valence-corrected chi connectivity index (χ1v) is 6.83. The maximum atomic E-state index is 4.40. The SMILES string of the molecule is CCCC(C)CC(NCC)c1ccc(C)nc1. The molecule has 0 saturated heterocycles. The molecule has 17 heavy (non-hydrogen) atoms. The summed E-state index contributed by atoms with van der Waals surface area (Å²) in [5.74, 6) is 0.769.